The van der Waals surface area contributed by atoms with E-state index < -0.39 is 23.9 Å². The highest BCUT2D eigenvalue weighted by Crippen LogP contribution is 2.36. The van der Waals surface area contributed by atoms with Gasteiger partial charge in [-0.2, -0.15) is 26.3 Å². The largest absolute Gasteiger partial charge is 0.451 e. The second-order valence-corrected chi connectivity index (χ2v) is 8.93. The third kappa shape index (κ3) is 6.42. The van der Waals surface area contributed by atoms with Crippen molar-refractivity contribution in [1.29, 1.82) is 0 Å². The van der Waals surface area contributed by atoms with Crippen LogP contribution in [0.3, 0.4) is 0 Å². The van der Waals surface area contributed by atoms with Gasteiger partial charge in [-0.25, -0.2) is 9.97 Å². The number of halogens is 6. The Morgan fingerprint density at radius 1 is 0.719 bits per heavy atom. The van der Waals surface area contributed by atoms with E-state index in [1.807, 2.05) is 6.92 Å². The van der Waals surface area contributed by atoms with Gasteiger partial charge in [-0.05, 0) is 53.7 Å². The Morgan fingerprint density at radius 2 is 1.28 bits per heavy atom. The molecule has 2 atom stereocenters. The molecule has 2 aromatic rings. The number of rotatable bonds is 7. The number of hydrogen-bond acceptors (Lipinski definition) is 3. The molecule has 0 saturated carbocycles. The highest BCUT2D eigenvalue weighted by atomic mass is 19.4. The fourth-order valence-electron chi connectivity index (χ4n) is 3.42. The van der Waals surface area contributed by atoms with Gasteiger partial charge in [0.1, 0.15) is 5.69 Å². The van der Waals surface area contributed by atoms with Crippen LogP contribution in [0.5, 0.6) is 0 Å². The molecule has 0 fully saturated rings. The molecule has 2 unspecified atom stereocenters. The summed E-state index contributed by atoms with van der Waals surface area (Å²) in [5.41, 5.74) is 0.587. The molecule has 0 aliphatic carbocycles. The van der Waals surface area contributed by atoms with Gasteiger partial charge in [-0.3, -0.25) is 4.98 Å². The molecular formula is C23H29F6N3. The molecule has 0 bridgehead atoms. The SMILES string of the molecule is CC(C)c1cc(C(C)CCC(C)c2cnc(C(F)(F)F)c(C(C)C)c2)nc(C(F)(F)F)n1. The Bertz CT molecular complexity index is 919. The molecular weight excluding hydrogens is 432 g/mol. The maximum atomic E-state index is 13.2. The lowest BCUT2D eigenvalue weighted by Crippen LogP contribution is -2.16. The van der Waals surface area contributed by atoms with Gasteiger partial charge in [0, 0.05) is 17.6 Å². The number of aromatic nitrogens is 3. The van der Waals surface area contributed by atoms with Crippen LogP contribution in [0.1, 0.15) is 112 Å². The van der Waals surface area contributed by atoms with Gasteiger partial charge in [-0.1, -0.05) is 47.6 Å². The van der Waals surface area contributed by atoms with E-state index in [1.54, 1.807) is 46.8 Å². The number of hydrogen-bond donors (Lipinski definition) is 0. The summed E-state index contributed by atoms with van der Waals surface area (Å²) < 4.78 is 79.4. The fourth-order valence-corrected chi connectivity index (χ4v) is 3.42. The lowest BCUT2D eigenvalue weighted by Gasteiger charge is -2.20. The average Bonchev–Trinajstić information content (AvgIpc) is 2.69. The zero-order chi connectivity index (χ0) is 24.4. The Labute approximate surface area is 184 Å². The maximum Gasteiger partial charge on any atom is 0.451 e. The summed E-state index contributed by atoms with van der Waals surface area (Å²) in [7, 11) is 0. The molecule has 0 aliphatic rings. The summed E-state index contributed by atoms with van der Waals surface area (Å²) in [6.45, 7) is 10.6. The van der Waals surface area contributed by atoms with Crippen molar-refractivity contribution in [2.24, 2.45) is 0 Å². The minimum atomic E-state index is -4.63. The lowest BCUT2D eigenvalue weighted by molar-refractivity contribution is -0.145. The molecule has 9 heteroatoms. The van der Waals surface area contributed by atoms with E-state index in [1.165, 1.54) is 6.20 Å². The van der Waals surface area contributed by atoms with Crippen LogP contribution in [0.25, 0.3) is 0 Å². The first-order chi connectivity index (χ1) is 14.6. The van der Waals surface area contributed by atoms with Gasteiger partial charge in [0.15, 0.2) is 0 Å². The molecule has 2 aromatic heterocycles. The van der Waals surface area contributed by atoms with E-state index in [9.17, 15) is 26.3 Å². The Morgan fingerprint density at radius 3 is 1.78 bits per heavy atom. The molecule has 32 heavy (non-hydrogen) atoms. The van der Waals surface area contributed by atoms with Gasteiger partial charge < -0.3 is 0 Å². The normalized spacial score (nSPS) is 14.8. The van der Waals surface area contributed by atoms with Crippen LogP contribution < -0.4 is 0 Å². The van der Waals surface area contributed by atoms with Crippen LogP contribution in [0, 0.1) is 0 Å². The topological polar surface area (TPSA) is 38.7 Å². The van der Waals surface area contributed by atoms with Crippen molar-refractivity contribution in [3.63, 3.8) is 0 Å². The first-order valence-corrected chi connectivity index (χ1v) is 10.6. The molecule has 178 valence electrons. The van der Waals surface area contributed by atoms with Crippen LogP contribution >= 0.6 is 0 Å². The van der Waals surface area contributed by atoms with Crippen molar-refractivity contribution in [3.05, 3.63) is 52.4 Å². The highest BCUT2D eigenvalue weighted by Gasteiger charge is 2.37. The zero-order valence-corrected chi connectivity index (χ0v) is 19.1. The number of nitrogens with zero attached hydrogens (tertiary/aromatic N) is 3. The van der Waals surface area contributed by atoms with Crippen molar-refractivity contribution in [2.45, 2.75) is 90.4 Å². The molecule has 3 nitrogen and oxygen atoms in total. The van der Waals surface area contributed by atoms with Crippen LogP contribution in [-0.2, 0) is 12.4 Å². The third-order valence-corrected chi connectivity index (χ3v) is 5.55. The predicted molar refractivity (Wildman–Crippen MR) is 111 cm³/mol. The summed E-state index contributed by atoms with van der Waals surface area (Å²) in [4.78, 5) is 11.1. The summed E-state index contributed by atoms with van der Waals surface area (Å²) in [5, 5.41) is 0. The predicted octanol–water partition coefficient (Wildman–Crippen LogP) is 7.84. The van der Waals surface area contributed by atoms with E-state index in [0.29, 0.717) is 29.8 Å². The molecule has 0 amide bonds. The second kappa shape index (κ2) is 9.75. The molecule has 0 saturated heterocycles. The van der Waals surface area contributed by atoms with Gasteiger partial charge in [-0.15, -0.1) is 0 Å². The Balaban J connectivity index is 2.22. The third-order valence-electron chi connectivity index (χ3n) is 5.55. The van der Waals surface area contributed by atoms with E-state index in [4.69, 9.17) is 0 Å². The van der Waals surface area contributed by atoms with Gasteiger partial charge in [0.2, 0.25) is 5.82 Å². The zero-order valence-electron chi connectivity index (χ0n) is 19.1. The summed E-state index contributed by atoms with van der Waals surface area (Å²) >= 11 is 0. The summed E-state index contributed by atoms with van der Waals surface area (Å²) in [6.07, 6.45) is -6.83. The van der Waals surface area contributed by atoms with Crippen molar-refractivity contribution in [3.8, 4) is 0 Å². The average molecular weight is 461 g/mol. The molecule has 0 radical (unpaired) electrons. The van der Waals surface area contributed by atoms with Crippen LogP contribution in [0.2, 0.25) is 0 Å². The van der Waals surface area contributed by atoms with Gasteiger partial charge in [0.05, 0.1) is 0 Å². The number of pyridine rings is 1. The molecule has 0 aromatic carbocycles. The van der Waals surface area contributed by atoms with Gasteiger partial charge in [0.25, 0.3) is 0 Å². The standard InChI is InChI=1S/C23H29F6N3/c1-12(2)17-9-16(11-30-20(17)22(24,25)26)14(5)7-8-15(6)19-10-18(13(3)4)31-21(32-19)23(27,28)29/h9-15H,7-8H2,1-6H3. The highest BCUT2D eigenvalue weighted by molar-refractivity contribution is 5.31. The fraction of sp³-hybridized carbons (Fsp3) is 0.609. The van der Waals surface area contributed by atoms with Crippen molar-refractivity contribution >= 4 is 0 Å². The first kappa shape index (κ1) is 26.1. The minimum Gasteiger partial charge on any atom is -0.251 e. The Kier molecular flexibility index (Phi) is 7.94. The summed E-state index contributed by atoms with van der Waals surface area (Å²) in [6, 6.07) is 3.14. The quantitative estimate of drug-likeness (QED) is 0.394. The second-order valence-electron chi connectivity index (χ2n) is 8.93. The van der Waals surface area contributed by atoms with E-state index in [0.717, 1.165) is 0 Å². The monoisotopic (exact) mass is 461 g/mol. The van der Waals surface area contributed by atoms with E-state index in [-0.39, 0.29) is 29.2 Å². The van der Waals surface area contributed by atoms with Crippen molar-refractivity contribution in [2.75, 3.05) is 0 Å². The molecule has 0 spiro atoms. The van der Waals surface area contributed by atoms with Crippen LogP contribution in [0.4, 0.5) is 26.3 Å². The first-order valence-electron chi connectivity index (χ1n) is 10.6. The van der Waals surface area contributed by atoms with Gasteiger partial charge >= 0.3 is 12.4 Å². The van der Waals surface area contributed by atoms with Crippen LogP contribution in [-0.4, -0.2) is 15.0 Å². The van der Waals surface area contributed by atoms with E-state index >= 15 is 0 Å². The smallest absolute Gasteiger partial charge is 0.251 e. The van der Waals surface area contributed by atoms with Crippen molar-refractivity contribution < 1.29 is 26.3 Å². The van der Waals surface area contributed by atoms with Crippen LogP contribution in [0.15, 0.2) is 18.3 Å². The summed E-state index contributed by atoms with van der Waals surface area (Å²) in [5.74, 6) is -2.06. The molecule has 2 heterocycles. The minimum absolute atomic E-state index is 0.113. The molecule has 0 aliphatic heterocycles. The Hall–Kier alpha value is -2.19. The van der Waals surface area contributed by atoms with Crippen molar-refractivity contribution in [1.82, 2.24) is 15.0 Å². The lowest BCUT2D eigenvalue weighted by atomic mass is 9.89. The van der Waals surface area contributed by atoms with E-state index in [2.05, 4.69) is 15.0 Å². The maximum absolute atomic E-state index is 13.2. The molecule has 2 rings (SSSR count). The number of alkyl halides is 6. The molecule has 0 N–H and O–H groups in total.